The van der Waals surface area contributed by atoms with E-state index in [-0.39, 0.29) is 11.9 Å². The number of hydrogen-bond donors (Lipinski definition) is 0. The minimum absolute atomic E-state index is 0.0344. The van der Waals surface area contributed by atoms with Crippen LogP contribution < -0.4 is 4.90 Å². The van der Waals surface area contributed by atoms with Gasteiger partial charge in [0.2, 0.25) is 0 Å². The van der Waals surface area contributed by atoms with Gasteiger partial charge < -0.3 is 9.80 Å². The second-order valence-electron chi connectivity index (χ2n) is 6.33. The maximum absolute atomic E-state index is 12.8. The normalized spacial score (nSPS) is 14.7. The van der Waals surface area contributed by atoms with Gasteiger partial charge in [0.1, 0.15) is 12.1 Å². The van der Waals surface area contributed by atoms with Gasteiger partial charge in [0.25, 0.3) is 5.91 Å². The number of aromatic nitrogens is 5. The van der Waals surface area contributed by atoms with Crippen molar-refractivity contribution in [2.45, 2.75) is 6.04 Å². The number of fused-ring (bicyclic) bond motifs is 2. The van der Waals surface area contributed by atoms with Gasteiger partial charge in [-0.3, -0.25) is 4.79 Å². The molecule has 0 aliphatic carbocycles. The van der Waals surface area contributed by atoms with Crippen LogP contribution in [0.15, 0.2) is 42.2 Å². The van der Waals surface area contributed by atoms with E-state index >= 15 is 0 Å². The molecule has 1 aliphatic heterocycles. The molecule has 0 spiro atoms. The van der Waals surface area contributed by atoms with Gasteiger partial charge in [-0.1, -0.05) is 0 Å². The van der Waals surface area contributed by atoms with Crippen molar-refractivity contribution in [1.29, 1.82) is 0 Å². The number of anilines is 1. The Labute approximate surface area is 152 Å². The van der Waals surface area contributed by atoms with E-state index in [2.05, 4.69) is 25.2 Å². The van der Waals surface area contributed by atoms with Crippen molar-refractivity contribution < 1.29 is 4.79 Å². The second kappa shape index (κ2) is 5.73. The van der Waals surface area contributed by atoms with Crippen LogP contribution in [0.4, 0.5) is 5.82 Å². The van der Waals surface area contributed by atoms with Crippen LogP contribution in [-0.4, -0.2) is 61.8 Å². The lowest BCUT2D eigenvalue weighted by atomic mass is 10.1. The third-order valence-corrected chi connectivity index (χ3v) is 5.57. The fourth-order valence-electron chi connectivity index (χ4n) is 3.13. The molecule has 1 aromatic carbocycles. The summed E-state index contributed by atoms with van der Waals surface area (Å²) in [5.74, 6) is 0.896. The van der Waals surface area contributed by atoms with Crippen LogP contribution in [0, 0.1) is 0 Å². The van der Waals surface area contributed by atoms with Crippen molar-refractivity contribution in [3.05, 3.63) is 47.7 Å². The number of amides is 1. The third kappa shape index (κ3) is 2.39. The Kier molecular flexibility index (Phi) is 3.35. The highest BCUT2D eigenvalue weighted by atomic mass is 32.1. The van der Waals surface area contributed by atoms with Crippen LogP contribution in [0.2, 0.25) is 0 Å². The van der Waals surface area contributed by atoms with E-state index in [1.54, 1.807) is 27.7 Å². The zero-order chi connectivity index (χ0) is 17.7. The minimum Gasteiger partial charge on any atom is -0.351 e. The fraction of sp³-hybridized carbons (Fsp3) is 0.235. The number of likely N-dealkylation sites (N-methyl/N-ethyl adjacent to an activating group) is 1. The van der Waals surface area contributed by atoms with Crippen molar-refractivity contribution in [2.24, 2.45) is 0 Å². The predicted octanol–water partition coefficient (Wildman–Crippen LogP) is 1.69. The number of carbonyl (C=O) groups excluding carboxylic acids is 1. The van der Waals surface area contributed by atoms with Gasteiger partial charge in [-0.15, -0.1) is 26.6 Å². The van der Waals surface area contributed by atoms with Crippen LogP contribution in [0.25, 0.3) is 15.9 Å². The summed E-state index contributed by atoms with van der Waals surface area (Å²) >= 11 is 1.55. The highest BCUT2D eigenvalue weighted by molar-refractivity contribution is 7.16. The average Bonchev–Trinajstić information content (AvgIpc) is 3.27. The molecule has 0 unspecified atom stereocenters. The lowest BCUT2D eigenvalue weighted by Crippen LogP contribution is -2.60. The Morgan fingerprint density at radius 3 is 3.04 bits per heavy atom. The first-order valence-corrected chi connectivity index (χ1v) is 9.09. The van der Waals surface area contributed by atoms with Gasteiger partial charge in [0, 0.05) is 25.7 Å². The molecule has 5 rings (SSSR count). The van der Waals surface area contributed by atoms with Crippen LogP contribution in [0.5, 0.6) is 0 Å². The molecule has 1 amide bonds. The maximum Gasteiger partial charge on any atom is 0.254 e. The molecule has 1 fully saturated rings. The summed E-state index contributed by atoms with van der Waals surface area (Å²) in [6, 6.07) is 9.65. The topological polar surface area (TPSA) is 79.5 Å². The summed E-state index contributed by atoms with van der Waals surface area (Å²) in [6.07, 6.45) is 1.58. The molecule has 0 saturated carbocycles. The molecule has 4 aromatic rings. The Balaban J connectivity index is 1.29. The van der Waals surface area contributed by atoms with E-state index in [0.29, 0.717) is 5.56 Å². The number of nitrogens with zero attached hydrogens (tertiary/aromatic N) is 7. The number of carbonyl (C=O) groups is 1. The van der Waals surface area contributed by atoms with E-state index in [1.807, 2.05) is 42.3 Å². The summed E-state index contributed by atoms with van der Waals surface area (Å²) in [7, 11) is 1.86. The van der Waals surface area contributed by atoms with Gasteiger partial charge in [-0.05, 0) is 30.3 Å². The Bertz CT molecular complexity index is 1110. The largest absolute Gasteiger partial charge is 0.351 e. The van der Waals surface area contributed by atoms with E-state index in [9.17, 15) is 4.79 Å². The van der Waals surface area contributed by atoms with Crippen LogP contribution >= 0.6 is 11.3 Å². The van der Waals surface area contributed by atoms with E-state index in [1.165, 1.54) is 0 Å². The number of benzene rings is 1. The Hall–Kier alpha value is -3.07. The summed E-state index contributed by atoms with van der Waals surface area (Å²) in [4.78, 5) is 21.0. The maximum atomic E-state index is 12.8. The second-order valence-corrected chi connectivity index (χ2v) is 7.22. The molecule has 130 valence electrons. The first kappa shape index (κ1) is 15.2. The lowest BCUT2D eigenvalue weighted by molar-refractivity contribution is 0.0705. The highest BCUT2D eigenvalue weighted by Crippen LogP contribution is 2.24. The molecule has 0 atom stereocenters. The lowest BCUT2D eigenvalue weighted by Gasteiger charge is -2.44. The molecule has 9 heteroatoms. The Morgan fingerprint density at radius 2 is 2.15 bits per heavy atom. The van der Waals surface area contributed by atoms with Crippen molar-refractivity contribution in [2.75, 3.05) is 25.0 Å². The first-order valence-electron chi connectivity index (χ1n) is 8.21. The molecule has 26 heavy (non-hydrogen) atoms. The van der Waals surface area contributed by atoms with Crippen LogP contribution in [-0.2, 0) is 0 Å². The van der Waals surface area contributed by atoms with Gasteiger partial charge >= 0.3 is 0 Å². The van der Waals surface area contributed by atoms with Crippen molar-refractivity contribution >= 4 is 38.9 Å². The van der Waals surface area contributed by atoms with E-state index in [0.717, 1.165) is 34.8 Å². The standard InChI is InChI=1S/C17H15N7OS/c1-22(17(25)11-2-3-13-14(6-11)26-10-18-13)12-7-23(8-12)16-5-4-15-20-19-9-24(15)21-16/h2-6,9-10,12H,7-8H2,1H3. The zero-order valence-electron chi connectivity index (χ0n) is 14.0. The molecular formula is C17H15N7OS. The zero-order valence-corrected chi connectivity index (χ0v) is 14.8. The predicted molar refractivity (Wildman–Crippen MR) is 98.5 cm³/mol. The van der Waals surface area contributed by atoms with Gasteiger partial charge in [-0.2, -0.15) is 4.52 Å². The summed E-state index contributed by atoms with van der Waals surface area (Å²) in [6.45, 7) is 1.51. The summed E-state index contributed by atoms with van der Waals surface area (Å²) in [5.41, 5.74) is 4.15. The number of hydrogen-bond acceptors (Lipinski definition) is 7. The minimum atomic E-state index is 0.0344. The third-order valence-electron chi connectivity index (χ3n) is 4.78. The molecule has 1 saturated heterocycles. The molecule has 0 radical (unpaired) electrons. The SMILES string of the molecule is CN(C(=O)c1ccc2ncsc2c1)C1CN(c2ccc3nncn3n2)C1. The van der Waals surface area contributed by atoms with Crippen LogP contribution in [0.1, 0.15) is 10.4 Å². The number of rotatable bonds is 3. The van der Waals surface area contributed by atoms with E-state index < -0.39 is 0 Å². The van der Waals surface area contributed by atoms with Gasteiger partial charge in [0.05, 0.1) is 21.8 Å². The molecular weight excluding hydrogens is 350 g/mol. The Morgan fingerprint density at radius 1 is 1.27 bits per heavy atom. The molecule has 1 aliphatic rings. The van der Waals surface area contributed by atoms with Gasteiger partial charge in [0.15, 0.2) is 5.65 Å². The van der Waals surface area contributed by atoms with Gasteiger partial charge in [-0.25, -0.2) is 4.98 Å². The van der Waals surface area contributed by atoms with E-state index in [4.69, 9.17) is 0 Å². The smallest absolute Gasteiger partial charge is 0.254 e. The number of thiazole rings is 1. The van der Waals surface area contributed by atoms with Crippen molar-refractivity contribution in [3.8, 4) is 0 Å². The monoisotopic (exact) mass is 365 g/mol. The molecule has 8 nitrogen and oxygen atoms in total. The fourth-order valence-corrected chi connectivity index (χ4v) is 3.85. The first-order chi connectivity index (χ1) is 12.7. The molecule has 4 heterocycles. The van der Waals surface area contributed by atoms with Crippen molar-refractivity contribution in [1.82, 2.24) is 29.7 Å². The summed E-state index contributed by atoms with van der Waals surface area (Å²) in [5, 5.41) is 12.3. The summed E-state index contributed by atoms with van der Waals surface area (Å²) < 4.78 is 2.69. The van der Waals surface area contributed by atoms with Crippen molar-refractivity contribution in [3.63, 3.8) is 0 Å². The molecule has 0 bridgehead atoms. The molecule has 3 aromatic heterocycles. The quantitative estimate of drug-likeness (QED) is 0.550. The molecule has 0 N–H and O–H groups in total. The highest BCUT2D eigenvalue weighted by Gasteiger charge is 2.33. The average molecular weight is 365 g/mol. The van der Waals surface area contributed by atoms with Crippen LogP contribution in [0.3, 0.4) is 0 Å².